The molecule has 8 heteroatoms. The van der Waals surface area contributed by atoms with Crippen molar-refractivity contribution in [2.24, 2.45) is 5.92 Å². The number of benzene rings is 2. The molecule has 0 aliphatic heterocycles. The molecule has 0 saturated heterocycles. The summed E-state index contributed by atoms with van der Waals surface area (Å²) >= 11 is 0. The predicted octanol–water partition coefficient (Wildman–Crippen LogP) is 5.13. The smallest absolute Gasteiger partial charge is 0.413 e. The lowest BCUT2D eigenvalue weighted by atomic mass is 10.1. The first-order valence-electron chi connectivity index (χ1n) is 9.78. The van der Waals surface area contributed by atoms with Crippen LogP contribution in [0.15, 0.2) is 66.9 Å². The van der Waals surface area contributed by atoms with Gasteiger partial charge in [-0.25, -0.2) is 13.6 Å². The highest BCUT2D eigenvalue weighted by atomic mass is 19.3. The highest BCUT2D eigenvalue weighted by Gasteiger charge is 2.61. The van der Waals surface area contributed by atoms with E-state index in [4.69, 9.17) is 4.74 Å². The van der Waals surface area contributed by atoms with Crippen LogP contribution in [0.3, 0.4) is 0 Å². The molecule has 31 heavy (non-hydrogen) atoms. The summed E-state index contributed by atoms with van der Waals surface area (Å²) in [6.07, 6.45) is 0.766. The monoisotopic (exact) mass is 425 g/mol. The number of ether oxygens (including phenoxy) is 1. The Hall–Kier alpha value is -3.68. The van der Waals surface area contributed by atoms with Crippen molar-refractivity contribution in [1.82, 2.24) is 4.57 Å². The van der Waals surface area contributed by atoms with Crippen LogP contribution >= 0.6 is 0 Å². The van der Waals surface area contributed by atoms with Crippen molar-refractivity contribution in [3.8, 4) is 5.69 Å². The zero-order valence-corrected chi connectivity index (χ0v) is 16.8. The van der Waals surface area contributed by atoms with Gasteiger partial charge in [0.05, 0.1) is 0 Å². The number of carbonyl (C=O) groups is 2. The third kappa shape index (κ3) is 4.74. The van der Waals surface area contributed by atoms with E-state index in [1.807, 2.05) is 31.2 Å². The van der Waals surface area contributed by atoms with Crippen LogP contribution in [0, 0.1) is 12.8 Å². The standard InChI is InChI=1S/C23H21F2N3O3/c1-15-5-2-3-6-16(15)14-31-22(30)27-20-7-4-12-28(20)18-10-8-17(9-11-18)26-21(29)19-13-23(19,24)25/h2-12,19H,13-14H2,1H3,(H,26,29)(H,27,30). The van der Waals surface area contributed by atoms with Gasteiger partial charge in [-0.15, -0.1) is 0 Å². The van der Waals surface area contributed by atoms with Crippen LogP contribution < -0.4 is 10.6 Å². The number of nitrogens with zero attached hydrogens (tertiary/aromatic N) is 1. The summed E-state index contributed by atoms with van der Waals surface area (Å²) < 4.78 is 33.1. The second-order valence-electron chi connectivity index (χ2n) is 7.44. The number of hydrogen-bond donors (Lipinski definition) is 2. The molecule has 0 spiro atoms. The Kier molecular flexibility index (Phi) is 5.46. The Morgan fingerprint density at radius 1 is 1.06 bits per heavy atom. The molecular formula is C23H21F2N3O3. The van der Waals surface area contributed by atoms with Crippen LogP contribution in [-0.4, -0.2) is 22.5 Å². The lowest BCUT2D eigenvalue weighted by molar-refractivity contribution is -0.119. The van der Waals surface area contributed by atoms with Crippen LogP contribution in [-0.2, 0) is 16.1 Å². The van der Waals surface area contributed by atoms with Crippen LogP contribution in [0.5, 0.6) is 0 Å². The summed E-state index contributed by atoms with van der Waals surface area (Å²) in [4.78, 5) is 24.0. The third-order valence-corrected chi connectivity index (χ3v) is 5.15. The van der Waals surface area contributed by atoms with Crippen LogP contribution in [0.1, 0.15) is 17.5 Å². The Morgan fingerprint density at radius 3 is 2.45 bits per heavy atom. The number of hydrogen-bond acceptors (Lipinski definition) is 3. The molecule has 0 bridgehead atoms. The Morgan fingerprint density at radius 2 is 1.77 bits per heavy atom. The lowest BCUT2D eigenvalue weighted by Crippen LogP contribution is -2.17. The summed E-state index contributed by atoms with van der Waals surface area (Å²) in [5, 5.41) is 5.20. The molecule has 3 aromatic rings. The van der Waals surface area contributed by atoms with Crippen molar-refractivity contribution in [2.75, 3.05) is 10.6 Å². The van der Waals surface area contributed by atoms with Gasteiger partial charge >= 0.3 is 6.09 Å². The quantitative estimate of drug-likeness (QED) is 0.575. The highest BCUT2D eigenvalue weighted by molar-refractivity contribution is 5.95. The molecular weight excluding hydrogens is 404 g/mol. The predicted molar refractivity (Wildman–Crippen MR) is 112 cm³/mol. The average Bonchev–Trinajstić information content (AvgIpc) is 3.15. The van der Waals surface area contributed by atoms with E-state index in [0.717, 1.165) is 11.1 Å². The summed E-state index contributed by atoms with van der Waals surface area (Å²) in [5.41, 5.74) is 3.11. The van der Waals surface area contributed by atoms with Gasteiger partial charge in [0.25, 0.3) is 5.92 Å². The summed E-state index contributed by atoms with van der Waals surface area (Å²) in [7, 11) is 0. The minimum Gasteiger partial charge on any atom is -0.444 e. The van der Waals surface area contributed by atoms with Crippen LogP contribution in [0.4, 0.5) is 25.1 Å². The van der Waals surface area contributed by atoms with Crippen LogP contribution in [0.25, 0.3) is 5.69 Å². The van der Waals surface area contributed by atoms with E-state index in [9.17, 15) is 18.4 Å². The number of alkyl halides is 2. The van der Waals surface area contributed by atoms with Gasteiger partial charge in [0, 0.05) is 24.0 Å². The third-order valence-electron chi connectivity index (χ3n) is 5.15. The fraction of sp³-hybridized carbons (Fsp3) is 0.217. The molecule has 0 radical (unpaired) electrons. The van der Waals surface area contributed by atoms with Crippen molar-refractivity contribution >= 4 is 23.5 Å². The summed E-state index contributed by atoms with van der Waals surface area (Å²) in [6, 6.07) is 17.8. The van der Waals surface area contributed by atoms with Gasteiger partial charge in [-0.3, -0.25) is 10.1 Å². The Labute approximate surface area is 177 Å². The number of aromatic nitrogens is 1. The van der Waals surface area contributed by atoms with Gasteiger partial charge in [0.1, 0.15) is 18.3 Å². The molecule has 1 unspecified atom stereocenters. The molecule has 1 aliphatic rings. The molecule has 1 heterocycles. The van der Waals surface area contributed by atoms with Gasteiger partial charge < -0.3 is 14.6 Å². The molecule has 2 N–H and O–H groups in total. The maximum absolute atomic E-state index is 13.0. The maximum Gasteiger partial charge on any atom is 0.413 e. The Balaban J connectivity index is 1.37. The molecule has 4 rings (SSSR count). The first kappa shape index (κ1) is 20.6. The van der Waals surface area contributed by atoms with E-state index in [2.05, 4.69) is 10.6 Å². The molecule has 1 aromatic heterocycles. The van der Waals surface area contributed by atoms with E-state index in [-0.39, 0.29) is 6.61 Å². The Bertz CT molecular complexity index is 1110. The van der Waals surface area contributed by atoms with Crippen molar-refractivity contribution in [3.63, 3.8) is 0 Å². The highest BCUT2D eigenvalue weighted by Crippen LogP contribution is 2.49. The summed E-state index contributed by atoms with van der Waals surface area (Å²) in [5.74, 6) is -4.33. The molecule has 1 saturated carbocycles. The SMILES string of the molecule is Cc1ccccc1COC(=O)Nc1cccn1-c1ccc(NC(=O)C2CC2(F)F)cc1. The number of nitrogens with one attached hydrogen (secondary N) is 2. The zero-order chi connectivity index (χ0) is 22.0. The number of halogens is 2. The maximum atomic E-state index is 13.0. The van der Waals surface area contributed by atoms with Crippen molar-refractivity contribution in [2.45, 2.75) is 25.9 Å². The molecule has 2 amide bonds. The van der Waals surface area contributed by atoms with Gasteiger partial charge in [0.15, 0.2) is 0 Å². The van der Waals surface area contributed by atoms with Crippen molar-refractivity contribution < 1.29 is 23.1 Å². The second kappa shape index (κ2) is 8.22. The van der Waals surface area contributed by atoms with E-state index in [1.165, 1.54) is 0 Å². The van der Waals surface area contributed by atoms with Gasteiger partial charge in [-0.2, -0.15) is 0 Å². The molecule has 2 aromatic carbocycles. The number of amides is 2. The van der Waals surface area contributed by atoms with Gasteiger partial charge in [0.2, 0.25) is 5.91 Å². The van der Waals surface area contributed by atoms with Crippen molar-refractivity contribution in [3.05, 3.63) is 78.0 Å². The average molecular weight is 425 g/mol. The molecule has 1 fully saturated rings. The first-order chi connectivity index (χ1) is 14.8. The van der Waals surface area contributed by atoms with E-state index in [1.54, 1.807) is 47.2 Å². The molecule has 1 atom stereocenters. The van der Waals surface area contributed by atoms with E-state index < -0.39 is 30.3 Å². The topological polar surface area (TPSA) is 72.4 Å². The van der Waals surface area contributed by atoms with E-state index in [0.29, 0.717) is 17.2 Å². The summed E-state index contributed by atoms with van der Waals surface area (Å²) in [6.45, 7) is 2.11. The lowest BCUT2D eigenvalue weighted by Gasteiger charge is -2.12. The van der Waals surface area contributed by atoms with E-state index >= 15 is 0 Å². The second-order valence-corrected chi connectivity index (χ2v) is 7.44. The number of anilines is 2. The minimum absolute atomic E-state index is 0.160. The fourth-order valence-corrected chi connectivity index (χ4v) is 3.20. The molecule has 160 valence electrons. The largest absolute Gasteiger partial charge is 0.444 e. The van der Waals surface area contributed by atoms with Crippen molar-refractivity contribution in [1.29, 1.82) is 0 Å². The number of rotatable bonds is 6. The normalized spacial score (nSPS) is 16.4. The fourth-order valence-electron chi connectivity index (χ4n) is 3.20. The van der Waals surface area contributed by atoms with Gasteiger partial charge in [-0.1, -0.05) is 24.3 Å². The minimum atomic E-state index is -2.90. The number of aryl methyl sites for hydroxylation is 1. The zero-order valence-electron chi connectivity index (χ0n) is 16.8. The molecule has 6 nitrogen and oxygen atoms in total. The van der Waals surface area contributed by atoms with Crippen LogP contribution in [0.2, 0.25) is 0 Å². The molecule has 1 aliphatic carbocycles. The first-order valence-corrected chi connectivity index (χ1v) is 9.78. The van der Waals surface area contributed by atoms with Gasteiger partial charge in [-0.05, 0) is 54.4 Å². The number of carbonyl (C=O) groups excluding carboxylic acids is 2.